The molecule has 1 N–H and O–H groups in total. The van der Waals surface area contributed by atoms with Crippen LogP contribution in [0.2, 0.25) is 0 Å². The van der Waals surface area contributed by atoms with E-state index in [2.05, 4.69) is 17.2 Å². The van der Waals surface area contributed by atoms with E-state index in [-0.39, 0.29) is 11.4 Å². The van der Waals surface area contributed by atoms with Crippen molar-refractivity contribution in [3.8, 4) is 0 Å². The summed E-state index contributed by atoms with van der Waals surface area (Å²) in [5.74, 6) is 2.12. The molecule has 1 spiro atoms. The Balaban J connectivity index is 1.52. The van der Waals surface area contributed by atoms with E-state index in [1.54, 1.807) is 11.8 Å². The highest BCUT2D eigenvalue weighted by atomic mass is 32.2. The minimum Gasteiger partial charge on any atom is -0.359 e. The molecule has 2 saturated heterocycles. The number of thioether (sulfide) groups is 1. The molecule has 21 heavy (non-hydrogen) atoms. The first kappa shape index (κ1) is 15.2. The first-order valence-electron chi connectivity index (χ1n) is 8.40. The van der Waals surface area contributed by atoms with Crippen LogP contribution in [0.15, 0.2) is 4.99 Å². The molecule has 1 aliphatic carbocycles. The molecule has 2 atom stereocenters. The van der Waals surface area contributed by atoms with Crippen molar-refractivity contribution in [2.75, 3.05) is 25.4 Å². The maximum Gasteiger partial charge on any atom is 0.244 e. The van der Waals surface area contributed by atoms with E-state index in [0.29, 0.717) is 6.54 Å². The lowest BCUT2D eigenvalue weighted by Gasteiger charge is -2.36. The third-order valence-corrected chi connectivity index (χ3v) is 6.22. The van der Waals surface area contributed by atoms with Gasteiger partial charge in [-0.15, -0.1) is 0 Å². The van der Waals surface area contributed by atoms with Crippen molar-refractivity contribution in [1.82, 2.24) is 10.2 Å². The van der Waals surface area contributed by atoms with Gasteiger partial charge in [0, 0.05) is 24.4 Å². The summed E-state index contributed by atoms with van der Waals surface area (Å²) in [7, 11) is 0. The standard InChI is InChI=1S/C16H27N3OS/c1-13-6-5-7-16(10-13)12-21-15(18-16)17-11-14(20)19-8-3-2-4-9-19/h13H,2-12H2,1H3,(H,17,18). The highest BCUT2D eigenvalue weighted by Crippen LogP contribution is 2.38. The Bertz CT molecular complexity index is 420. The molecule has 1 saturated carbocycles. The average Bonchev–Trinajstić information content (AvgIpc) is 2.88. The van der Waals surface area contributed by atoms with Gasteiger partial charge in [0.25, 0.3) is 0 Å². The van der Waals surface area contributed by atoms with E-state index in [1.165, 1.54) is 32.1 Å². The first-order valence-corrected chi connectivity index (χ1v) is 9.39. The maximum atomic E-state index is 12.2. The van der Waals surface area contributed by atoms with Gasteiger partial charge in [0.15, 0.2) is 5.17 Å². The number of carbonyl (C=O) groups is 1. The number of likely N-dealkylation sites (tertiary alicyclic amines) is 1. The number of piperidine rings is 1. The zero-order valence-electron chi connectivity index (χ0n) is 13.1. The van der Waals surface area contributed by atoms with Crippen LogP contribution in [0.25, 0.3) is 0 Å². The number of rotatable bonds is 2. The Hall–Kier alpha value is -0.710. The summed E-state index contributed by atoms with van der Waals surface area (Å²) in [5.41, 5.74) is 0.259. The van der Waals surface area contributed by atoms with Gasteiger partial charge < -0.3 is 10.2 Å². The van der Waals surface area contributed by atoms with Gasteiger partial charge in [-0.1, -0.05) is 31.5 Å². The monoisotopic (exact) mass is 309 g/mol. The second-order valence-corrected chi connectivity index (χ2v) is 7.92. The van der Waals surface area contributed by atoms with Crippen LogP contribution in [0.4, 0.5) is 0 Å². The molecular formula is C16H27N3OS. The van der Waals surface area contributed by atoms with Crippen molar-refractivity contribution in [3.63, 3.8) is 0 Å². The van der Waals surface area contributed by atoms with Gasteiger partial charge in [0.2, 0.25) is 5.91 Å². The topological polar surface area (TPSA) is 44.7 Å². The molecule has 0 aromatic rings. The van der Waals surface area contributed by atoms with Crippen LogP contribution in [0, 0.1) is 5.92 Å². The lowest BCUT2D eigenvalue weighted by Crippen LogP contribution is -2.47. The molecule has 2 heterocycles. The SMILES string of the molecule is CC1CCCC2(CSC(=NCC(=O)N3CCCCC3)N2)C1. The van der Waals surface area contributed by atoms with Crippen molar-refractivity contribution in [3.05, 3.63) is 0 Å². The fraction of sp³-hybridized carbons (Fsp3) is 0.875. The molecule has 2 aliphatic heterocycles. The molecule has 3 fully saturated rings. The van der Waals surface area contributed by atoms with Crippen LogP contribution in [-0.4, -0.2) is 46.9 Å². The maximum absolute atomic E-state index is 12.2. The van der Waals surface area contributed by atoms with E-state index < -0.39 is 0 Å². The summed E-state index contributed by atoms with van der Waals surface area (Å²) in [4.78, 5) is 18.7. The van der Waals surface area contributed by atoms with Crippen LogP contribution >= 0.6 is 11.8 Å². The molecule has 3 aliphatic rings. The Kier molecular flexibility index (Phi) is 4.77. The minimum atomic E-state index is 0.197. The molecular weight excluding hydrogens is 282 g/mol. The van der Waals surface area contributed by atoms with Crippen molar-refractivity contribution in [2.24, 2.45) is 10.9 Å². The number of carbonyl (C=O) groups excluding carboxylic acids is 1. The second kappa shape index (κ2) is 6.59. The Morgan fingerprint density at radius 2 is 2.19 bits per heavy atom. The fourth-order valence-corrected chi connectivity index (χ4v) is 5.07. The molecule has 1 amide bonds. The van der Waals surface area contributed by atoms with Crippen molar-refractivity contribution in [1.29, 1.82) is 0 Å². The summed E-state index contributed by atoms with van der Waals surface area (Å²) in [6, 6.07) is 0. The number of aliphatic imine (C=N–C) groups is 1. The number of nitrogens with one attached hydrogen (secondary N) is 1. The van der Waals surface area contributed by atoms with Gasteiger partial charge in [-0.3, -0.25) is 9.79 Å². The Labute approximate surface area is 132 Å². The van der Waals surface area contributed by atoms with Crippen LogP contribution in [0.1, 0.15) is 51.9 Å². The molecule has 0 radical (unpaired) electrons. The largest absolute Gasteiger partial charge is 0.359 e. The van der Waals surface area contributed by atoms with Gasteiger partial charge in [0.1, 0.15) is 6.54 Å². The first-order chi connectivity index (χ1) is 10.2. The van der Waals surface area contributed by atoms with Crippen LogP contribution in [0.5, 0.6) is 0 Å². The van der Waals surface area contributed by atoms with Gasteiger partial charge in [-0.05, 0) is 38.0 Å². The third kappa shape index (κ3) is 3.74. The summed E-state index contributed by atoms with van der Waals surface area (Å²) >= 11 is 1.81. The summed E-state index contributed by atoms with van der Waals surface area (Å²) in [6.45, 7) is 4.51. The highest BCUT2D eigenvalue weighted by molar-refractivity contribution is 8.14. The van der Waals surface area contributed by atoms with E-state index >= 15 is 0 Å². The van der Waals surface area contributed by atoms with Crippen molar-refractivity contribution in [2.45, 2.75) is 57.4 Å². The molecule has 2 unspecified atom stereocenters. The van der Waals surface area contributed by atoms with E-state index in [9.17, 15) is 4.79 Å². The predicted octanol–water partition coefficient (Wildman–Crippen LogP) is 2.64. The van der Waals surface area contributed by atoms with Crippen molar-refractivity contribution < 1.29 is 4.79 Å². The number of hydrogen-bond acceptors (Lipinski definition) is 3. The lowest BCUT2D eigenvalue weighted by molar-refractivity contribution is -0.130. The van der Waals surface area contributed by atoms with E-state index in [4.69, 9.17) is 0 Å². The summed E-state index contributed by atoms with van der Waals surface area (Å²) < 4.78 is 0. The van der Waals surface area contributed by atoms with Crippen LogP contribution in [-0.2, 0) is 4.79 Å². The Morgan fingerprint density at radius 3 is 2.95 bits per heavy atom. The number of hydrogen-bond donors (Lipinski definition) is 1. The van der Waals surface area contributed by atoms with Crippen LogP contribution in [0.3, 0.4) is 0 Å². The van der Waals surface area contributed by atoms with Gasteiger partial charge in [0.05, 0.1) is 0 Å². The minimum absolute atomic E-state index is 0.197. The second-order valence-electron chi connectivity index (χ2n) is 6.96. The van der Waals surface area contributed by atoms with E-state index in [1.807, 2.05) is 4.90 Å². The summed E-state index contributed by atoms with van der Waals surface area (Å²) in [6.07, 6.45) is 8.73. The average molecular weight is 309 g/mol. The molecule has 0 bridgehead atoms. The van der Waals surface area contributed by atoms with Gasteiger partial charge >= 0.3 is 0 Å². The molecule has 3 rings (SSSR count). The highest BCUT2D eigenvalue weighted by Gasteiger charge is 2.40. The third-order valence-electron chi connectivity index (χ3n) is 5.02. The molecule has 4 nitrogen and oxygen atoms in total. The zero-order chi connectivity index (χ0) is 14.7. The molecule has 118 valence electrons. The normalized spacial score (nSPS) is 35.2. The number of amides is 1. The molecule has 0 aromatic heterocycles. The quantitative estimate of drug-likeness (QED) is 0.853. The Morgan fingerprint density at radius 1 is 1.38 bits per heavy atom. The summed E-state index contributed by atoms with van der Waals surface area (Å²) in [5, 5.41) is 4.63. The van der Waals surface area contributed by atoms with E-state index in [0.717, 1.165) is 42.8 Å². The number of nitrogens with zero attached hydrogens (tertiary/aromatic N) is 2. The van der Waals surface area contributed by atoms with Gasteiger partial charge in [-0.2, -0.15) is 0 Å². The van der Waals surface area contributed by atoms with Crippen molar-refractivity contribution >= 4 is 22.8 Å². The smallest absolute Gasteiger partial charge is 0.244 e. The molecule has 0 aromatic carbocycles. The zero-order valence-corrected chi connectivity index (χ0v) is 13.9. The lowest BCUT2D eigenvalue weighted by atomic mass is 9.78. The van der Waals surface area contributed by atoms with Gasteiger partial charge in [-0.25, -0.2) is 0 Å². The number of amidine groups is 1. The predicted molar refractivity (Wildman–Crippen MR) is 88.7 cm³/mol. The molecule has 5 heteroatoms. The fourth-order valence-electron chi connectivity index (χ4n) is 3.88. The van der Waals surface area contributed by atoms with Crippen LogP contribution < -0.4 is 5.32 Å².